The molecule has 0 spiro atoms. The normalized spacial score (nSPS) is 11.7. The molecule has 0 aliphatic heterocycles. The van der Waals surface area contributed by atoms with Gasteiger partial charge in [0.25, 0.3) is 0 Å². The zero-order valence-corrected chi connectivity index (χ0v) is 14.6. The van der Waals surface area contributed by atoms with Crippen LogP contribution < -0.4 is 10.1 Å². The van der Waals surface area contributed by atoms with Crippen LogP contribution in [0.25, 0.3) is 0 Å². The molecule has 0 saturated heterocycles. The maximum atomic E-state index is 6.09. The summed E-state index contributed by atoms with van der Waals surface area (Å²) < 4.78 is 11.8. The summed E-state index contributed by atoms with van der Waals surface area (Å²) in [6.07, 6.45) is 0. The molecule has 0 fully saturated rings. The quantitative estimate of drug-likeness (QED) is 0.835. The lowest BCUT2D eigenvalue weighted by atomic mass is 10.1. The zero-order chi connectivity index (χ0) is 15.5. The van der Waals surface area contributed by atoms with Gasteiger partial charge in [-0.25, -0.2) is 0 Å². The van der Waals surface area contributed by atoms with Crippen molar-refractivity contribution >= 4 is 27.5 Å². The molecular weight excluding hydrogens is 356 g/mol. The molecule has 0 aliphatic carbocycles. The van der Waals surface area contributed by atoms with Gasteiger partial charge in [-0.1, -0.05) is 32.7 Å². The second-order valence-corrected chi connectivity index (χ2v) is 7.07. The number of benzene rings is 1. The number of ether oxygens (including phenoxy) is 1. The summed E-state index contributed by atoms with van der Waals surface area (Å²) in [5.41, 5.74) is 0.894. The number of aromatic nitrogens is 1. The third kappa shape index (κ3) is 5.34. The lowest BCUT2D eigenvalue weighted by molar-refractivity contribution is 0.248. The van der Waals surface area contributed by atoms with Crippen LogP contribution in [0.3, 0.4) is 0 Å². The molecule has 0 atom stereocenters. The van der Waals surface area contributed by atoms with E-state index in [1.165, 1.54) is 0 Å². The Balaban J connectivity index is 1.90. The first-order chi connectivity index (χ1) is 9.83. The molecule has 1 N–H and O–H groups in total. The van der Waals surface area contributed by atoms with Gasteiger partial charge in [0, 0.05) is 22.6 Å². The molecule has 0 unspecified atom stereocenters. The standard InChI is InChI=1S/C15H18BrClN2O2/c1-15(2,3)18-8-11-7-12(21-19-11)9-20-14-5-4-10(16)6-13(14)17/h4-7,18H,8-9H2,1-3H3. The molecule has 2 aromatic rings. The highest BCUT2D eigenvalue weighted by Crippen LogP contribution is 2.28. The summed E-state index contributed by atoms with van der Waals surface area (Å²) in [7, 11) is 0. The van der Waals surface area contributed by atoms with Gasteiger partial charge >= 0.3 is 0 Å². The first kappa shape index (κ1) is 16.3. The minimum Gasteiger partial charge on any atom is -0.484 e. The molecule has 114 valence electrons. The van der Waals surface area contributed by atoms with Gasteiger partial charge in [-0.2, -0.15) is 0 Å². The van der Waals surface area contributed by atoms with E-state index in [0.29, 0.717) is 29.7 Å². The van der Waals surface area contributed by atoms with Crippen molar-refractivity contribution in [2.75, 3.05) is 0 Å². The molecule has 1 heterocycles. The summed E-state index contributed by atoms with van der Waals surface area (Å²) in [4.78, 5) is 0. The molecule has 4 nitrogen and oxygen atoms in total. The van der Waals surface area contributed by atoms with Crippen molar-refractivity contribution in [3.63, 3.8) is 0 Å². The fraction of sp³-hybridized carbons (Fsp3) is 0.400. The van der Waals surface area contributed by atoms with Gasteiger partial charge in [-0.05, 0) is 39.0 Å². The lowest BCUT2D eigenvalue weighted by Gasteiger charge is -2.19. The van der Waals surface area contributed by atoms with Crippen LogP contribution in [0.2, 0.25) is 5.02 Å². The summed E-state index contributed by atoms with van der Waals surface area (Å²) in [5, 5.41) is 7.92. The molecule has 0 bridgehead atoms. The number of hydrogen-bond acceptors (Lipinski definition) is 4. The Bertz CT molecular complexity index is 608. The molecule has 0 saturated carbocycles. The van der Waals surface area contributed by atoms with Crippen LogP contribution in [0.15, 0.2) is 33.3 Å². The number of hydrogen-bond donors (Lipinski definition) is 1. The maximum Gasteiger partial charge on any atom is 0.174 e. The highest BCUT2D eigenvalue weighted by molar-refractivity contribution is 9.10. The van der Waals surface area contributed by atoms with Gasteiger partial charge in [0.1, 0.15) is 12.4 Å². The fourth-order valence-electron chi connectivity index (χ4n) is 1.60. The minimum atomic E-state index is 0.0422. The van der Waals surface area contributed by atoms with Gasteiger partial charge in [0.05, 0.1) is 10.7 Å². The first-order valence-corrected chi connectivity index (χ1v) is 7.78. The van der Waals surface area contributed by atoms with E-state index in [2.05, 4.69) is 47.2 Å². The Hall–Kier alpha value is -1.04. The number of halogens is 2. The predicted octanol–water partition coefficient (Wildman–Crippen LogP) is 4.56. The molecule has 2 rings (SSSR count). The van der Waals surface area contributed by atoms with Crippen molar-refractivity contribution in [3.05, 3.63) is 45.2 Å². The molecule has 0 aliphatic rings. The molecule has 0 amide bonds. The Morgan fingerprint density at radius 3 is 2.76 bits per heavy atom. The number of rotatable bonds is 5. The van der Waals surface area contributed by atoms with Crippen LogP contribution in [-0.2, 0) is 13.2 Å². The summed E-state index contributed by atoms with van der Waals surface area (Å²) in [6, 6.07) is 7.35. The van der Waals surface area contributed by atoms with E-state index in [1.807, 2.05) is 18.2 Å². The monoisotopic (exact) mass is 372 g/mol. The Kier molecular flexibility index (Phi) is 5.30. The number of nitrogens with one attached hydrogen (secondary N) is 1. The minimum absolute atomic E-state index is 0.0422. The first-order valence-electron chi connectivity index (χ1n) is 6.61. The Morgan fingerprint density at radius 2 is 2.10 bits per heavy atom. The van der Waals surface area contributed by atoms with E-state index in [1.54, 1.807) is 6.07 Å². The second-order valence-electron chi connectivity index (χ2n) is 5.75. The Morgan fingerprint density at radius 1 is 1.33 bits per heavy atom. The Labute approximate surface area is 137 Å². The number of nitrogens with zero attached hydrogens (tertiary/aromatic N) is 1. The van der Waals surface area contributed by atoms with Crippen LogP contribution in [0.5, 0.6) is 5.75 Å². The predicted molar refractivity (Wildman–Crippen MR) is 86.6 cm³/mol. The van der Waals surface area contributed by atoms with E-state index in [4.69, 9.17) is 20.9 Å². The second kappa shape index (κ2) is 6.81. The van der Waals surface area contributed by atoms with Crippen LogP contribution in [-0.4, -0.2) is 10.7 Å². The van der Waals surface area contributed by atoms with Crippen LogP contribution >= 0.6 is 27.5 Å². The van der Waals surface area contributed by atoms with Gasteiger partial charge in [0.15, 0.2) is 5.76 Å². The van der Waals surface area contributed by atoms with Crippen LogP contribution in [0, 0.1) is 0 Å². The van der Waals surface area contributed by atoms with Crippen molar-refractivity contribution in [2.45, 2.75) is 39.5 Å². The van der Waals surface area contributed by atoms with Crippen molar-refractivity contribution in [3.8, 4) is 5.75 Å². The largest absolute Gasteiger partial charge is 0.484 e. The fourth-order valence-corrected chi connectivity index (χ4v) is 2.33. The molecule has 1 aromatic heterocycles. The average molecular weight is 374 g/mol. The molecule has 6 heteroatoms. The molecular formula is C15H18BrClN2O2. The van der Waals surface area contributed by atoms with Crippen molar-refractivity contribution in [1.29, 1.82) is 0 Å². The molecule has 0 radical (unpaired) electrons. The smallest absolute Gasteiger partial charge is 0.174 e. The maximum absolute atomic E-state index is 6.09. The highest BCUT2D eigenvalue weighted by Gasteiger charge is 2.11. The van der Waals surface area contributed by atoms with E-state index < -0.39 is 0 Å². The van der Waals surface area contributed by atoms with E-state index in [0.717, 1.165) is 10.2 Å². The van der Waals surface area contributed by atoms with Crippen LogP contribution in [0.4, 0.5) is 0 Å². The van der Waals surface area contributed by atoms with Crippen molar-refractivity contribution in [2.24, 2.45) is 0 Å². The lowest BCUT2D eigenvalue weighted by Crippen LogP contribution is -2.35. The topological polar surface area (TPSA) is 47.3 Å². The van der Waals surface area contributed by atoms with Crippen LogP contribution in [0.1, 0.15) is 32.2 Å². The molecule has 21 heavy (non-hydrogen) atoms. The summed E-state index contributed by atoms with van der Waals surface area (Å²) >= 11 is 9.44. The van der Waals surface area contributed by atoms with E-state index in [9.17, 15) is 0 Å². The third-order valence-corrected chi connectivity index (χ3v) is 3.46. The summed E-state index contributed by atoms with van der Waals surface area (Å²) in [6.45, 7) is 7.27. The summed E-state index contributed by atoms with van der Waals surface area (Å²) in [5.74, 6) is 1.28. The van der Waals surface area contributed by atoms with E-state index >= 15 is 0 Å². The third-order valence-electron chi connectivity index (χ3n) is 2.67. The van der Waals surface area contributed by atoms with E-state index in [-0.39, 0.29) is 5.54 Å². The van der Waals surface area contributed by atoms with Crippen molar-refractivity contribution in [1.82, 2.24) is 10.5 Å². The van der Waals surface area contributed by atoms with Gasteiger partial charge in [-0.15, -0.1) is 0 Å². The molecule has 1 aromatic carbocycles. The van der Waals surface area contributed by atoms with Gasteiger partial charge < -0.3 is 14.6 Å². The van der Waals surface area contributed by atoms with Gasteiger partial charge in [-0.3, -0.25) is 0 Å². The SMILES string of the molecule is CC(C)(C)NCc1cc(COc2ccc(Br)cc2Cl)on1. The van der Waals surface area contributed by atoms with Crippen molar-refractivity contribution < 1.29 is 9.26 Å². The van der Waals surface area contributed by atoms with Gasteiger partial charge in [0.2, 0.25) is 0 Å². The zero-order valence-electron chi connectivity index (χ0n) is 12.2. The average Bonchev–Trinajstić information content (AvgIpc) is 2.82. The highest BCUT2D eigenvalue weighted by atomic mass is 79.9.